The highest BCUT2D eigenvalue weighted by Gasteiger charge is 2.52. The molecule has 3 aromatic heterocycles. The highest BCUT2D eigenvalue weighted by molar-refractivity contribution is 6.65. The van der Waals surface area contributed by atoms with Gasteiger partial charge in [-0.3, -0.25) is 4.98 Å². The predicted octanol–water partition coefficient (Wildman–Crippen LogP) is 3.24. The van der Waals surface area contributed by atoms with E-state index in [4.69, 9.17) is 9.31 Å². The van der Waals surface area contributed by atoms with Crippen molar-refractivity contribution in [3.8, 4) is 11.4 Å². The van der Waals surface area contributed by atoms with Crippen LogP contribution in [0.3, 0.4) is 0 Å². The SMILES string of the molecule is CC1(C)OB(c2cccc3ccc4c(-c5ccccn5)nnn4c23)OC1(C)C. The van der Waals surface area contributed by atoms with Gasteiger partial charge in [-0.2, -0.15) is 0 Å². The van der Waals surface area contributed by atoms with Crippen molar-refractivity contribution in [2.24, 2.45) is 0 Å². The maximum absolute atomic E-state index is 6.30. The van der Waals surface area contributed by atoms with Gasteiger partial charge >= 0.3 is 7.12 Å². The van der Waals surface area contributed by atoms with Crippen LogP contribution in [0.4, 0.5) is 0 Å². The van der Waals surface area contributed by atoms with Crippen molar-refractivity contribution in [1.82, 2.24) is 19.8 Å². The Morgan fingerprint density at radius 3 is 2.39 bits per heavy atom. The first kappa shape index (κ1) is 17.3. The maximum Gasteiger partial charge on any atom is 0.497 e. The molecule has 0 amide bonds. The van der Waals surface area contributed by atoms with Crippen LogP contribution in [0.1, 0.15) is 27.7 Å². The van der Waals surface area contributed by atoms with E-state index in [1.807, 2.05) is 40.9 Å². The number of rotatable bonds is 2. The minimum absolute atomic E-state index is 0.408. The second-order valence-electron chi connectivity index (χ2n) is 8.16. The second kappa shape index (κ2) is 5.86. The van der Waals surface area contributed by atoms with Crippen LogP contribution in [0.25, 0.3) is 27.8 Å². The van der Waals surface area contributed by atoms with Crippen LogP contribution in [0.2, 0.25) is 0 Å². The van der Waals surface area contributed by atoms with Gasteiger partial charge < -0.3 is 9.31 Å². The first-order chi connectivity index (χ1) is 13.4. The van der Waals surface area contributed by atoms with Crippen LogP contribution in [0.5, 0.6) is 0 Å². The molecule has 140 valence electrons. The van der Waals surface area contributed by atoms with Gasteiger partial charge in [-0.15, -0.1) is 5.10 Å². The highest BCUT2D eigenvalue weighted by Crippen LogP contribution is 2.37. The number of aromatic nitrogens is 4. The predicted molar refractivity (Wildman–Crippen MR) is 109 cm³/mol. The molecular weight excluding hydrogens is 351 g/mol. The summed E-state index contributed by atoms with van der Waals surface area (Å²) >= 11 is 0. The lowest BCUT2D eigenvalue weighted by atomic mass is 9.77. The molecule has 0 spiro atoms. The summed E-state index contributed by atoms with van der Waals surface area (Å²) in [5.41, 5.74) is 3.52. The van der Waals surface area contributed by atoms with Crippen LogP contribution < -0.4 is 5.46 Å². The average molecular weight is 372 g/mol. The molecule has 28 heavy (non-hydrogen) atoms. The van der Waals surface area contributed by atoms with Gasteiger partial charge in [0, 0.05) is 11.7 Å². The number of pyridine rings is 2. The summed E-state index contributed by atoms with van der Waals surface area (Å²) in [7, 11) is -0.471. The lowest BCUT2D eigenvalue weighted by Gasteiger charge is -2.32. The summed E-state index contributed by atoms with van der Waals surface area (Å²) < 4.78 is 14.5. The third kappa shape index (κ3) is 2.47. The van der Waals surface area contributed by atoms with Crippen molar-refractivity contribution >= 4 is 29.0 Å². The monoisotopic (exact) mass is 372 g/mol. The smallest absolute Gasteiger partial charge is 0.399 e. The first-order valence-electron chi connectivity index (χ1n) is 9.41. The molecule has 1 aromatic carbocycles. The largest absolute Gasteiger partial charge is 0.497 e. The van der Waals surface area contributed by atoms with Crippen molar-refractivity contribution in [3.05, 3.63) is 54.7 Å². The molecule has 0 bridgehead atoms. The molecule has 0 N–H and O–H groups in total. The highest BCUT2D eigenvalue weighted by atomic mass is 16.7. The molecule has 6 nitrogen and oxygen atoms in total. The van der Waals surface area contributed by atoms with Gasteiger partial charge in [0.2, 0.25) is 0 Å². The van der Waals surface area contributed by atoms with Crippen molar-refractivity contribution in [2.45, 2.75) is 38.9 Å². The quantitative estimate of drug-likeness (QED) is 0.506. The zero-order chi connectivity index (χ0) is 19.5. The fraction of sp³-hybridized carbons (Fsp3) is 0.286. The van der Waals surface area contributed by atoms with Crippen LogP contribution in [-0.4, -0.2) is 38.1 Å². The summed E-state index contributed by atoms with van der Waals surface area (Å²) in [6, 6.07) is 16.0. The summed E-state index contributed by atoms with van der Waals surface area (Å²) in [5, 5.41) is 9.91. The normalized spacial score (nSPS) is 18.2. The molecule has 0 aliphatic carbocycles. The Balaban J connectivity index is 1.73. The van der Waals surface area contributed by atoms with Gasteiger partial charge in [0.1, 0.15) is 5.69 Å². The van der Waals surface area contributed by atoms with Gasteiger partial charge in [0.05, 0.1) is 27.9 Å². The molecule has 5 rings (SSSR count). The molecule has 1 saturated heterocycles. The van der Waals surface area contributed by atoms with Crippen molar-refractivity contribution in [3.63, 3.8) is 0 Å². The van der Waals surface area contributed by atoms with E-state index in [2.05, 4.69) is 55.1 Å². The standard InChI is InChI=1S/C21H21BN4O2/c1-20(2)21(3,4)28-22(27-20)15-9-7-8-14-11-12-17-18(16-10-5-6-13-23-16)24-25-26(17)19(14)15/h5-13H,1-4H3. The molecule has 0 radical (unpaired) electrons. The molecule has 4 heterocycles. The summed E-state index contributed by atoms with van der Waals surface area (Å²) in [6.45, 7) is 8.23. The van der Waals surface area contributed by atoms with Crippen molar-refractivity contribution < 1.29 is 9.31 Å². The lowest BCUT2D eigenvalue weighted by molar-refractivity contribution is 0.00578. The molecule has 0 unspecified atom stereocenters. The number of para-hydroxylation sites is 1. The molecule has 0 saturated carbocycles. The van der Waals surface area contributed by atoms with E-state index in [0.717, 1.165) is 33.3 Å². The molecule has 4 aromatic rings. The number of benzene rings is 1. The Hall–Kier alpha value is -2.77. The Kier molecular flexibility index (Phi) is 3.63. The minimum Gasteiger partial charge on any atom is -0.399 e. The Bertz CT molecular complexity index is 1170. The van der Waals surface area contributed by atoms with E-state index in [-0.39, 0.29) is 0 Å². The maximum atomic E-state index is 6.30. The van der Waals surface area contributed by atoms with Gasteiger partial charge in [0.15, 0.2) is 0 Å². The fourth-order valence-corrected chi connectivity index (χ4v) is 3.58. The summed E-state index contributed by atoms with van der Waals surface area (Å²) in [4.78, 5) is 4.42. The summed E-state index contributed by atoms with van der Waals surface area (Å²) in [5.74, 6) is 0. The zero-order valence-electron chi connectivity index (χ0n) is 16.4. The topological polar surface area (TPSA) is 61.5 Å². The number of fused-ring (bicyclic) bond motifs is 3. The Labute approximate surface area is 163 Å². The van der Waals surface area contributed by atoms with Gasteiger partial charge in [-0.1, -0.05) is 35.5 Å². The van der Waals surface area contributed by atoms with E-state index in [1.54, 1.807) is 6.20 Å². The van der Waals surface area contributed by atoms with Crippen LogP contribution in [0.15, 0.2) is 54.7 Å². The third-order valence-corrected chi connectivity index (χ3v) is 5.85. The van der Waals surface area contributed by atoms with Crippen molar-refractivity contribution in [2.75, 3.05) is 0 Å². The number of hydrogen-bond donors (Lipinski definition) is 0. The number of nitrogens with zero attached hydrogens (tertiary/aromatic N) is 4. The van der Waals surface area contributed by atoms with Crippen LogP contribution in [0, 0.1) is 0 Å². The van der Waals surface area contributed by atoms with Gasteiger partial charge in [-0.25, -0.2) is 4.52 Å². The van der Waals surface area contributed by atoms with Gasteiger partial charge in [-0.05, 0) is 51.3 Å². The molecule has 7 heteroatoms. The Morgan fingerprint density at radius 1 is 0.893 bits per heavy atom. The van der Waals surface area contributed by atoms with E-state index in [1.165, 1.54) is 0 Å². The second-order valence-corrected chi connectivity index (χ2v) is 8.16. The molecule has 1 fully saturated rings. The molecule has 0 atom stereocenters. The van der Waals surface area contributed by atoms with E-state index in [0.29, 0.717) is 0 Å². The third-order valence-electron chi connectivity index (χ3n) is 5.85. The average Bonchev–Trinajstić information content (AvgIpc) is 3.20. The lowest BCUT2D eigenvalue weighted by Crippen LogP contribution is -2.41. The first-order valence-corrected chi connectivity index (χ1v) is 9.41. The zero-order valence-corrected chi connectivity index (χ0v) is 16.4. The number of hydrogen-bond acceptors (Lipinski definition) is 5. The Morgan fingerprint density at radius 2 is 1.68 bits per heavy atom. The summed E-state index contributed by atoms with van der Waals surface area (Å²) in [6.07, 6.45) is 1.76. The minimum atomic E-state index is -0.471. The van der Waals surface area contributed by atoms with E-state index in [9.17, 15) is 0 Å². The molecule has 1 aliphatic heterocycles. The van der Waals surface area contributed by atoms with Crippen molar-refractivity contribution in [1.29, 1.82) is 0 Å². The van der Waals surface area contributed by atoms with Crippen LogP contribution >= 0.6 is 0 Å². The fourth-order valence-electron chi connectivity index (χ4n) is 3.58. The van der Waals surface area contributed by atoms with E-state index >= 15 is 0 Å². The molecular formula is C21H21BN4O2. The van der Waals surface area contributed by atoms with E-state index < -0.39 is 18.3 Å². The molecule has 1 aliphatic rings. The van der Waals surface area contributed by atoms with Gasteiger partial charge in [0.25, 0.3) is 0 Å². The van der Waals surface area contributed by atoms with Crippen LogP contribution in [-0.2, 0) is 9.31 Å².